The van der Waals surface area contributed by atoms with Gasteiger partial charge in [0, 0.05) is 11.3 Å². The number of hydrogen-bond acceptors (Lipinski definition) is 4. The van der Waals surface area contributed by atoms with Crippen LogP contribution in [0.4, 0.5) is 5.69 Å². The molecule has 0 atom stereocenters. The molecule has 0 bridgehead atoms. The van der Waals surface area contributed by atoms with Gasteiger partial charge in [-0.3, -0.25) is 9.59 Å². The van der Waals surface area contributed by atoms with Crippen molar-refractivity contribution >= 4 is 34.5 Å². The maximum Gasteiger partial charge on any atom is 0.329 e. The van der Waals surface area contributed by atoms with E-state index in [1.54, 1.807) is 18.2 Å². The van der Waals surface area contributed by atoms with Crippen molar-refractivity contribution in [2.75, 3.05) is 5.32 Å². The molecule has 0 aliphatic heterocycles. The van der Waals surface area contributed by atoms with E-state index in [2.05, 4.69) is 15.8 Å². The maximum absolute atomic E-state index is 12.1. The minimum absolute atomic E-state index is 0.0338. The Hall–Kier alpha value is -3.67. The van der Waals surface area contributed by atoms with E-state index < -0.39 is 11.8 Å². The van der Waals surface area contributed by atoms with Gasteiger partial charge >= 0.3 is 11.8 Å². The third-order valence-electron chi connectivity index (χ3n) is 4.15. The summed E-state index contributed by atoms with van der Waals surface area (Å²) in [6, 6.07) is 16.4. The number of aromatic hydroxyl groups is 1. The number of nitrogens with one attached hydrogen (secondary N) is 2. The van der Waals surface area contributed by atoms with Gasteiger partial charge in [-0.25, -0.2) is 5.43 Å². The number of fused-ring (bicyclic) bond motifs is 1. The van der Waals surface area contributed by atoms with Crippen molar-refractivity contribution in [2.45, 2.75) is 13.8 Å². The first-order valence-electron chi connectivity index (χ1n) is 8.38. The molecule has 27 heavy (non-hydrogen) atoms. The lowest BCUT2D eigenvalue weighted by Gasteiger charge is -2.08. The number of phenols is 1. The number of phenolic OH excluding ortho intramolecular Hbond substituents is 1. The molecule has 3 aromatic rings. The fourth-order valence-corrected chi connectivity index (χ4v) is 2.68. The van der Waals surface area contributed by atoms with E-state index in [1.807, 2.05) is 50.2 Å². The number of hydrogen-bond donors (Lipinski definition) is 3. The largest absolute Gasteiger partial charge is 0.507 e. The third-order valence-corrected chi connectivity index (χ3v) is 4.15. The predicted molar refractivity (Wildman–Crippen MR) is 106 cm³/mol. The average molecular weight is 361 g/mol. The molecule has 6 nitrogen and oxygen atoms in total. The number of rotatable bonds is 3. The van der Waals surface area contributed by atoms with E-state index in [0.717, 1.165) is 21.9 Å². The zero-order chi connectivity index (χ0) is 19.4. The number of nitrogens with zero attached hydrogens (tertiary/aromatic N) is 1. The van der Waals surface area contributed by atoms with Crippen LogP contribution in [-0.4, -0.2) is 23.1 Å². The van der Waals surface area contributed by atoms with Gasteiger partial charge in [-0.15, -0.1) is 0 Å². The number of amides is 2. The highest BCUT2D eigenvalue weighted by Crippen LogP contribution is 2.25. The molecule has 0 aliphatic rings. The van der Waals surface area contributed by atoms with Crippen LogP contribution in [0.25, 0.3) is 10.8 Å². The first kappa shape index (κ1) is 18.1. The number of aryl methyl sites for hydroxylation is 2. The molecule has 6 heteroatoms. The SMILES string of the molecule is Cc1ccc(C)c(NC(=O)C(=O)N/N=C\c2c(O)ccc3ccccc23)c1. The van der Waals surface area contributed by atoms with Crippen LogP contribution in [0.2, 0.25) is 0 Å². The molecule has 0 aromatic heterocycles. The van der Waals surface area contributed by atoms with Gasteiger partial charge in [-0.1, -0.05) is 42.5 Å². The second-order valence-electron chi connectivity index (χ2n) is 6.19. The summed E-state index contributed by atoms with van der Waals surface area (Å²) in [5.41, 5.74) is 5.05. The average Bonchev–Trinajstić information content (AvgIpc) is 2.66. The summed E-state index contributed by atoms with van der Waals surface area (Å²) >= 11 is 0. The monoisotopic (exact) mass is 361 g/mol. The number of carbonyl (C=O) groups is 2. The number of benzene rings is 3. The van der Waals surface area contributed by atoms with Gasteiger partial charge in [-0.05, 0) is 47.9 Å². The molecule has 2 amide bonds. The molecule has 0 radical (unpaired) electrons. The summed E-state index contributed by atoms with van der Waals surface area (Å²) in [5, 5.41) is 18.1. The van der Waals surface area contributed by atoms with E-state index in [-0.39, 0.29) is 5.75 Å². The smallest absolute Gasteiger partial charge is 0.329 e. The quantitative estimate of drug-likeness (QED) is 0.380. The van der Waals surface area contributed by atoms with Crippen molar-refractivity contribution in [3.8, 4) is 5.75 Å². The minimum atomic E-state index is -0.896. The van der Waals surface area contributed by atoms with Crippen molar-refractivity contribution in [1.29, 1.82) is 0 Å². The molecule has 0 spiro atoms. The molecule has 136 valence electrons. The van der Waals surface area contributed by atoms with Gasteiger partial charge in [0.05, 0.1) is 6.21 Å². The van der Waals surface area contributed by atoms with E-state index >= 15 is 0 Å². The lowest BCUT2D eigenvalue weighted by molar-refractivity contribution is -0.136. The molecular formula is C21H19N3O3. The molecule has 0 saturated carbocycles. The Morgan fingerprint density at radius 1 is 1.00 bits per heavy atom. The summed E-state index contributed by atoms with van der Waals surface area (Å²) in [4.78, 5) is 24.0. The number of carbonyl (C=O) groups excluding carboxylic acids is 2. The Kier molecular flexibility index (Phi) is 5.17. The van der Waals surface area contributed by atoms with Crippen molar-refractivity contribution in [2.24, 2.45) is 5.10 Å². The normalized spacial score (nSPS) is 10.9. The lowest BCUT2D eigenvalue weighted by atomic mass is 10.0. The van der Waals surface area contributed by atoms with Crippen LogP contribution in [0, 0.1) is 13.8 Å². The zero-order valence-electron chi connectivity index (χ0n) is 15.0. The summed E-state index contributed by atoms with van der Waals surface area (Å²) < 4.78 is 0. The maximum atomic E-state index is 12.1. The Labute approximate surface area is 156 Å². The first-order valence-corrected chi connectivity index (χ1v) is 8.38. The van der Waals surface area contributed by atoms with E-state index in [0.29, 0.717) is 11.3 Å². The van der Waals surface area contributed by atoms with E-state index in [1.165, 1.54) is 6.21 Å². The van der Waals surface area contributed by atoms with Gasteiger partial charge < -0.3 is 10.4 Å². The molecule has 3 rings (SSSR count). The van der Waals surface area contributed by atoms with Crippen LogP contribution < -0.4 is 10.7 Å². The fraction of sp³-hybridized carbons (Fsp3) is 0.0952. The molecule has 0 fully saturated rings. The number of anilines is 1. The zero-order valence-corrected chi connectivity index (χ0v) is 15.0. The number of hydrazone groups is 1. The van der Waals surface area contributed by atoms with Crippen molar-refractivity contribution in [3.05, 3.63) is 71.3 Å². The fourth-order valence-electron chi connectivity index (χ4n) is 2.68. The minimum Gasteiger partial charge on any atom is -0.507 e. The molecule has 3 N–H and O–H groups in total. The van der Waals surface area contributed by atoms with Crippen LogP contribution in [-0.2, 0) is 9.59 Å². The molecule has 0 unspecified atom stereocenters. The van der Waals surface area contributed by atoms with Gasteiger partial charge in [-0.2, -0.15) is 5.10 Å². The van der Waals surface area contributed by atoms with Crippen LogP contribution in [0.15, 0.2) is 59.7 Å². The van der Waals surface area contributed by atoms with Crippen molar-refractivity contribution < 1.29 is 14.7 Å². The summed E-state index contributed by atoms with van der Waals surface area (Å²) in [6.07, 6.45) is 1.32. The highest BCUT2D eigenvalue weighted by molar-refractivity contribution is 6.39. The molecule has 0 saturated heterocycles. The van der Waals surface area contributed by atoms with E-state index in [4.69, 9.17) is 0 Å². The van der Waals surface area contributed by atoms with Crippen molar-refractivity contribution in [1.82, 2.24) is 5.43 Å². The van der Waals surface area contributed by atoms with Crippen LogP contribution in [0.1, 0.15) is 16.7 Å². The Morgan fingerprint density at radius 3 is 2.59 bits per heavy atom. The van der Waals surface area contributed by atoms with Crippen molar-refractivity contribution in [3.63, 3.8) is 0 Å². The van der Waals surface area contributed by atoms with Crippen LogP contribution >= 0.6 is 0 Å². The lowest BCUT2D eigenvalue weighted by Crippen LogP contribution is -2.32. The molecule has 3 aromatic carbocycles. The second kappa shape index (κ2) is 7.70. The summed E-state index contributed by atoms with van der Waals surface area (Å²) in [7, 11) is 0. The van der Waals surface area contributed by atoms with Gasteiger partial charge in [0.15, 0.2) is 0 Å². The van der Waals surface area contributed by atoms with Gasteiger partial charge in [0.25, 0.3) is 0 Å². The standard InChI is InChI=1S/C21H19N3O3/c1-13-7-8-14(2)18(11-13)23-20(26)21(27)24-22-12-17-16-6-4-3-5-15(16)9-10-19(17)25/h3-12,25H,1-2H3,(H,23,26)(H,24,27)/b22-12-. The Balaban J connectivity index is 1.71. The van der Waals surface area contributed by atoms with Crippen LogP contribution in [0.3, 0.4) is 0 Å². The molecule has 0 heterocycles. The second-order valence-corrected chi connectivity index (χ2v) is 6.19. The molecular weight excluding hydrogens is 342 g/mol. The van der Waals surface area contributed by atoms with Gasteiger partial charge in [0.2, 0.25) is 0 Å². The molecule has 0 aliphatic carbocycles. The summed E-state index contributed by atoms with van der Waals surface area (Å²) in [6.45, 7) is 3.74. The van der Waals surface area contributed by atoms with E-state index in [9.17, 15) is 14.7 Å². The summed E-state index contributed by atoms with van der Waals surface area (Å²) in [5.74, 6) is -1.68. The van der Waals surface area contributed by atoms with Crippen LogP contribution in [0.5, 0.6) is 5.75 Å². The Bertz CT molecular complexity index is 1060. The van der Waals surface area contributed by atoms with Gasteiger partial charge in [0.1, 0.15) is 5.75 Å². The predicted octanol–water partition coefficient (Wildman–Crippen LogP) is 3.25. The Morgan fingerprint density at radius 2 is 1.78 bits per heavy atom. The highest BCUT2D eigenvalue weighted by Gasteiger charge is 2.14. The highest BCUT2D eigenvalue weighted by atomic mass is 16.3. The topological polar surface area (TPSA) is 90.8 Å². The first-order chi connectivity index (χ1) is 13.0. The third kappa shape index (κ3) is 4.12.